The number of nitrogens with zero attached hydrogens (tertiary/aromatic N) is 4. The maximum absolute atomic E-state index is 12.5. The number of benzene rings is 2. The van der Waals surface area contributed by atoms with Gasteiger partial charge in [0.15, 0.2) is 0 Å². The van der Waals surface area contributed by atoms with Gasteiger partial charge in [-0.25, -0.2) is 9.59 Å². The van der Waals surface area contributed by atoms with Crippen LogP contribution in [-0.2, 0) is 27.2 Å². The number of hydrogen-bond donors (Lipinski definition) is 0. The van der Waals surface area contributed by atoms with Gasteiger partial charge in [-0.2, -0.15) is 23.4 Å². The molecular weight excluding hydrogens is 517 g/mol. The monoisotopic (exact) mass is 542 g/mol. The molecule has 204 valence electrons. The van der Waals surface area contributed by atoms with Gasteiger partial charge in [0.25, 0.3) is 5.89 Å². The second-order valence-electron chi connectivity index (χ2n) is 9.31. The zero-order valence-corrected chi connectivity index (χ0v) is 21.4. The molecule has 0 saturated heterocycles. The number of carbonyl (C=O) groups excluding carboxylic acids is 2. The Kier molecular flexibility index (Phi) is 8.01. The Labute approximate surface area is 222 Å². The second-order valence-corrected chi connectivity index (χ2v) is 9.31. The third-order valence-electron chi connectivity index (χ3n) is 6.25. The Balaban J connectivity index is 1.47. The molecule has 0 amide bonds. The van der Waals surface area contributed by atoms with Crippen molar-refractivity contribution in [2.75, 3.05) is 13.1 Å². The Hall–Kier alpha value is -4.24. The molecule has 9 nitrogen and oxygen atoms in total. The van der Waals surface area contributed by atoms with Crippen LogP contribution >= 0.6 is 0 Å². The topological polar surface area (TPSA) is 119 Å². The highest BCUT2D eigenvalue weighted by Crippen LogP contribution is 2.29. The summed E-state index contributed by atoms with van der Waals surface area (Å²) in [7, 11) is 0. The van der Waals surface area contributed by atoms with Crippen LogP contribution in [0.1, 0.15) is 37.5 Å². The molecule has 0 fully saturated rings. The lowest BCUT2D eigenvalue weighted by molar-refractivity contribution is -0.203. The van der Waals surface area contributed by atoms with Gasteiger partial charge in [0.2, 0.25) is 5.82 Å². The maximum Gasteiger partial charge on any atom is 0.491 e. The number of rotatable bonds is 6. The highest BCUT2D eigenvalue weighted by molar-refractivity contribution is 5.90. The number of aromatic nitrogens is 2. The van der Waals surface area contributed by atoms with Gasteiger partial charge < -0.3 is 14.0 Å². The van der Waals surface area contributed by atoms with Crippen molar-refractivity contribution in [2.45, 2.75) is 51.9 Å². The summed E-state index contributed by atoms with van der Waals surface area (Å²) in [6.07, 6.45) is -4.28. The molecule has 1 aliphatic rings. The Bertz CT molecular complexity index is 1430. The number of ether oxygens (including phenoxy) is 2. The van der Waals surface area contributed by atoms with E-state index in [1.807, 2.05) is 32.0 Å². The van der Waals surface area contributed by atoms with Crippen LogP contribution in [-0.4, -0.2) is 58.4 Å². The molecule has 1 aliphatic heterocycles. The lowest BCUT2D eigenvalue weighted by Crippen LogP contribution is -2.43. The van der Waals surface area contributed by atoms with E-state index in [1.165, 1.54) is 6.92 Å². The fraction of sp³-hybridized carbons (Fsp3) is 0.370. The van der Waals surface area contributed by atoms with Gasteiger partial charge in [-0.05, 0) is 69.0 Å². The summed E-state index contributed by atoms with van der Waals surface area (Å²) < 4.78 is 52.5. The minimum Gasteiger partial charge on any atom is -0.490 e. The minimum absolute atomic E-state index is 0.0890. The zero-order chi connectivity index (χ0) is 28.3. The molecule has 2 aromatic carbocycles. The fourth-order valence-corrected chi connectivity index (χ4v) is 4.22. The summed E-state index contributed by atoms with van der Waals surface area (Å²) >= 11 is 0. The normalized spacial score (nSPS) is 14.7. The predicted octanol–water partition coefficient (Wildman–Crippen LogP) is 4.48. The van der Waals surface area contributed by atoms with Crippen molar-refractivity contribution >= 4 is 11.9 Å². The van der Waals surface area contributed by atoms with E-state index in [1.54, 1.807) is 23.1 Å². The van der Waals surface area contributed by atoms with Crippen LogP contribution in [0.15, 0.2) is 40.9 Å². The van der Waals surface area contributed by atoms with Crippen molar-refractivity contribution in [3.05, 3.63) is 53.1 Å². The van der Waals surface area contributed by atoms with Crippen molar-refractivity contribution in [3.8, 4) is 34.7 Å². The summed E-state index contributed by atoms with van der Waals surface area (Å²) in [4.78, 5) is 29.3. The van der Waals surface area contributed by atoms with Crippen molar-refractivity contribution in [1.29, 1.82) is 5.26 Å². The van der Waals surface area contributed by atoms with Gasteiger partial charge >= 0.3 is 18.1 Å². The predicted molar refractivity (Wildman–Crippen MR) is 131 cm³/mol. The molecule has 1 atom stereocenters. The first-order chi connectivity index (χ1) is 18.5. The number of hydrogen-bond acceptors (Lipinski definition) is 9. The van der Waals surface area contributed by atoms with Gasteiger partial charge in [-0.15, -0.1) is 0 Å². The Morgan fingerprint density at radius 3 is 2.41 bits per heavy atom. The van der Waals surface area contributed by atoms with Crippen LogP contribution < -0.4 is 4.74 Å². The minimum atomic E-state index is -5.24. The van der Waals surface area contributed by atoms with Gasteiger partial charge in [0, 0.05) is 24.2 Å². The third-order valence-corrected chi connectivity index (χ3v) is 6.25. The SMILES string of the molecule is CC(C)Oc1ccc(-c2nc(-c3ccc4c(c3)CCN(C(C)C(=O)OC(=O)C(F)(F)F)CC4)no2)cc1C#N. The largest absolute Gasteiger partial charge is 0.491 e. The number of nitriles is 1. The Morgan fingerprint density at radius 2 is 1.74 bits per heavy atom. The molecular formula is C27H25F3N4O5. The molecule has 0 aliphatic carbocycles. The van der Waals surface area contributed by atoms with Gasteiger partial charge in [-0.3, -0.25) is 4.90 Å². The molecule has 4 rings (SSSR count). The first-order valence-electron chi connectivity index (χ1n) is 12.2. The number of fused-ring (bicyclic) bond motifs is 1. The van der Waals surface area contributed by atoms with E-state index in [2.05, 4.69) is 20.9 Å². The summed E-state index contributed by atoms with van der Waals surface area (Å²) in [5.74, 6) is -2.72. The van der Waals surface area contributed by atoms with Crippen LogP contribution in [0.5, 0.6) is 5.75 Å². The first-order valence-corrected chi connectivity index (χ1v) is 12.2. The number of alkyl halides is 3. The van der Waals surface area contributed by atoms with E-state index in [0.717, 1.165) is 11.1 Å². The van der Waals surface area contributed by atoms with E-state index < -0.39 is 24.2 Å². The molecule has 39 heavy (non-hydrogen) atoms. The summed E-state index contributed by atoms with van der Waals surface area (Å²) in [6, 6.07) is 11.8. The first kappa shape index (κ1) is 27.8. The van der Waals surface area contributed by atoms with Crippen LogP contribution in [0.4, 0.5) is 13.2 Å². The molecule has 1 unspecified atom stereocenters. The van der Waals surface area contributed by atoms with Crippen molar-refractivity contribution < 1.29 is 36.8 Å². The third kappa shape index (κ3) is 6.43. The summed E-state index contributed by atoms with van der Waals surface area (Å²) in [5.41, 5.74) is 3.58. The van der Waals surface area contributed by atoms with Crippen molar-refractivity contribution in [3.63, 3.8) is 0 Å². The molecule has 0 spiro atoms. The standard InChI is InChI=1S/C27H25F3N4O5/c1-15(2)37-22-7-6-20(13-21(22)14-31)24-32-23(33-39-24)19-5-4-17-8-10-34(11-9-18(17)12-19)16(3)25(35)38-26(36)27(28,29)30/h4-7,12-13,15-16H,8-11H2,1-3H3. The molecule has 0 bridgehead atoms. The lowest BCUT2D eigenvalue weighted by Gasteiger charge is -2.25. The molecule has 1 aromatic heterocycles. The lowest BCUT2D eigenvalue weighted by atomic mass is 10.00. The van der Waals surface area contributed by atoms with E-state index in [0.29, 0.717) is 54.2 Å². The molecule has 12 heteroatoms. The quantitative estimate of drug-likeness (QED) is 0.328. The average molecular weight is 543 g/mol. The average Bonchev–Trinajstić information content (AvgIpc) is 3.28. The fourth-order valence-electron chi connectivity index (χ4n) is 4.22. The van der Waals surface area contributed by atoms with E-state index in [4.69, 9.17) is 9.26 Å². The van der Waals surface area contributed by atoms with Gasteiger partial charge in [0.1, 0.15) is 17.9 Å². The van der Waals surface area contributed by atoms with Crippen molar-refractivity contribution in [2.24, 2.45) is 0 Å². The zero-order valence-electron chi connectivity index (χ0n) is 21.4. The van der Waals surface area contributed by atoms with Crippen LogP contribution in [0, 0.1) is 11.3 Å². The smallest absolute Gasteiger partial charge is 0.490 e. The van der Waals surface area contributed by atoms with Crippen LogP contribution in [0.3, 0.4) is 0 Å². The molecule has 0 radical (unpaired) electrons. The summed E-state index contributed by atoms with van der Waals surface area (Å²) in [6.45, 7) is 5.91. The molecule has 2 heterocycles. The number of esters is 2. The molecule has 0 saturated carbocycles. The summed E-state index contributed by atoms with van der Waals surface area (Å²) in [5, 5.41) is 13.6. The van der Waals surface area contributed by atoms with E-state index in [-0.39, 0.29) is 12.0 Å². The van der Waals surface area contributed by atoms with Crippen molar-refractivity contribution in [1.82, 2.24) is 15.0 Å². The van der Waals surface area contributed by atoms with E-state index in [9.17, 15) is 28.0 Å². The van der Waals surface area contributed by atoms with Crippen LogP contribution in [0.25, 0.3) is 22.8 Å². The highest BCUT2D eigenvalue weighted by Gasteiger charge is 2.43. The maximum atomic E-state index is 12.5. The molecule has 3 aromatic rings. The number of halogens is 3. The highest BCUT2D eigenvalue weighted by atomic mass is 19.4. The Morgan fingerprint density at radius 1 is 1.05 bits per heavy atom. The second kappa shape index (κ2) is 11.2. The molecule has 0 N–H and O–H groups in total. The van der Waals surface area contributed by atoms with Gasteiger partial charge in [-0.1, -0.05) is 17.3 Å². The van der Waals surface area contributed by atoms with Gasteiger partial charge in [0.05, 0.1) is 11.7 Å². The van der Waals surface area contributed by atoms with E-state index >= 15 is 0 Å². The van der Waals surface area contributed by atoms with Crippen LogP contribution in [0.2, 0.25) is 0 Å². The number of carbonyl (C=O) groups is 2.